The van der Waals surface area contributed by atoms with Gasteiger partial charge in [0.2, 0.25) is 0 Å². The van der Waals surface area contributed by atoms with Crippen molar-refractivity contribution in [2.75, 3.05) is 41.7 Å². The topological polar surface area (TPSA) is 101 Å². The summed E-state index contributed by atoms with van der Waals surface area (Å²) in [4.78, 5) is 33.1. The van der Waals surface area contributed by atoms with Crippen molar-refractivity contribution in [1.82, 2.24) is 9.88 Å². The lowest BCUT2D eigenvalue weighted by molar-refractivity contribution is 0.0746. The first-order chi connectivity index (χ1) is 15.6. The molecule has 2 N–H and O–H groups in total. The predicted molar refractivity (Wildman–Crippen MR) is 123 cm³/mol. The van der Waals surface area contributed by atoms with Crippen LogP contribution in [0.2, 0.25) is 0 Å². The van der Waals surface area contributed by atoms with Gasteiger partial charge in [-0.05, 0) is 48.5 Å². The highest BCUT2D eigenvalue weighted by molar-refractivity contribution is 6.00. The van der Waals surface area contributed by atoms with Gasteiger partial charge in [-0.25, -0.2) is 9.78 Å². The van der Waals surface area contributed by atoms with E-state index in [1.54, 1.807) is 59.6 Å². The van der Waals surface area contributed by atoms with E-state index in [1.165, 1.54) is 0 Å². The lowest BCUT2D eigenvalue weighted by Crippen LogP contribution is -2.49. The number of aromatic nitrogens is 1. The Balaban J connectivity index is 1.32. The monoisotopic (exact) mass is 426 g/mol. The molecule has 2 heterocycles. The van der Waals surface area contributed by atoms with Gasteiger partial charge in [0, 0.05) is 49.3 Å². The van der Waals surface area contributed by atoms with Crippen LogP contribution >= 0.6 is 0 Å². The van der Waals surface area contributed by atoms with Crippen LogP contribution in [0.5, 0.6) is 0 Å². The van der Waals surface area contributed by atoms with Gasteiger partial charge in [0.1, 0.15) is 11.9 Å². The molecule has 0 aliphatic carbocycles. The quantitative estimate of drug-likeness (QED) is 0.664. The Labute approximate surface area is 186 Å². The van der Waals surface area contributed by atoms with E-state index in [2.05, 4.69) is 21.7 Å². The Morgan fingerprint density at radius 1 is 0.844 bits per heavy atom. The molecule has 1 saturated heterocycles. The van der Waals surface area contributed by atoms with Crippen LogP contribution < -0.4 is 15.5 Å². The molecule has 0 bridgehead atoms. The van der Waals surface area contributed by atoms with Crippen LogP contribution in [0.4, 0.5) is 22.0 Å². The Kier molecular flexibility index (Phi) is 6.28. The zero-order chi connectivity index (χ0) is 22.3. The fraction of sp³-hybridized carbons (Fsp3) is 0.167. The van der Waals surface area contributed by atoms with Gasteiger partial charge in [0.15, 0.2) is 0 Å². The van der Waals surface area contributed by atoms with E-state index in [4.69, 9.17) is 0 Å². The van der Waals surface area contributed by atoms with Gasteiger partial charge in [-0.2, -0.15) is 5.26 Å². The van der Waals surface area contributed by atoms with Crippen LogP contribution in [0, 0.1) is 11.3 Å². The molecule has 0 radical (unpaired) electrons. The first-order valence-electron chi connectivity index (χ1n) is 10.3. The van der Waals surface area contributed by atoms with E-state index in [0.717, 1.165) is 0 Å². The summed E-state index contributed by atoms with van der Waals surface area (Å²) in [6.45, 7) is 2.30. The fourth-order valence-corrected chi connectivity index (χ4v) is 3.55. The number of piperazine rings is 1. The molecule has 0 spiro atoms. The number of pyridine rings is 1. The van der Waals surface area contributed by atoms with Crippen LogP contribution in [0.1, 0.15) is 15.9 Å². The lowest BCUT2D eigenvalue weighted by atomic mass is 10.1. The number of nitrogens with one attached hydrogen (secondary N) is 2. The van der Waals surface area contributed by atoms with E-state index in [0.29, 0.717) is 54.5 Å². The number of benzene rings is 2. The lowest BCUT2D eigenvalue weighted by Gasteiger charge is -2.35. The van der Waals surface area contributed by atoms with Crippen molar-refractivity contribution >= 4 is 29.1 Å². The van der Waals surface area contributed by atoms with Crippen molar-refractivity contribution in [3.05, 3.63) is 84.1 Å². The summed E-state index contributed by atoms with van der Waals surface area (Å²) >= 11 is 0. The van der Waals surface area contributed by atoms with Gasteiger partial charge in [0.05, 0.1) is 5.56 Å². The number of anilines is 3. The Hall–Kier alpha value is -4.38. The van der Waals surface area contributed by atoms with Crippen molar-refractivity contribution in [2.45, 2.75) is 0 Å². The zero-order valence-corrected chi connectivity index (χ0v) is 17.4. The normalized spacial score (nSPS) is 13.2. The molecule has 1 fully saturated rings. The molecule has 2 aromatic carbocycles. The number of urea groups is 1. The third-order valence-electron chi connectivity index (χ3n) is 5.19. The first kappa shape index (κ1) is 20.9. The minimum atomic E-state index is -0.349. The van der Waals surface area contributed by atoms with Gasteiger partial charge >= 0.3 is 6.03 Å². The molecule has 0 unspecified atom stereocenters. The van der Waals surface area contributed by atoms with Crippen molar-refractivity contribution in [2.24, 2.45) is 0 Å². The van der Waals surface area contributed by atoms with E-state index in [1.807, 2.05) is 23.1 Å². The third-order valence-corrected chi connectivity index (χ3v) is 5.19. The van der Waals surface area contributed by atoms with Crippen LogP contribution in [-0.4, -0.2) is 48.0 Å². The molecule has 8 nitrogen and oxygen atoms in total. The number of nitrogens with zero attached hydrogens (tertiary/aromatic N) is 4. The maximum atomic E-state index is 12.9. The number of hydrogen-bond acceptors (Lipinski definition) is 5. The number of carbonyl (C=O) groups is 2. The predicted octanol–water partition coefficient (Wildman–Crippen LogP) is 3.56. The Bertz CT molecular complexity index is 1130. The molecule has 0 atom stereocenters. The molecule has 1 aliphatic rings. The van der Waals surface area contributed by atoms with Crippen molar-refractivity contribution in [1.29, 1.82) is 5.26 Å². The van der Waals surface area contributed by atoms with Crippen LogP contribution in [-0.2, 0) is 0 Å². The van der Waals surface area contributed by atoms with Gasteiger partial charge in [-0.1, -0.05) is 18.2 Å². The summed E-state index contributed by atoms with van der Waals surface area (Å²) in [5, 5.41) is 14.8. The van der Waals surface area contributed by atoms with Crippen molar-refractivity contribution < 1.29 is 9.59 Å². The summed E-state index contributed by atoms with van der Waals surface area (Å²) in [5.41, 5.74) is 2.39. The highest BCUT2D eigenvalue weighted by Crippen LogP contribution is 2.19. The second-order valence-corrected chi connectivity index (χ2v) is 7.29. The third kappa shape index (κ3) is 4.84. The number of amides is 3. The van der Waals surface area contributed by atoms with Crippen LogP contribution in [0.3, 0.4) is 0 Å². The molecule has 3 amide bonds. The molecule has 8 heteroatoms. The summed E-state index contributed by atoms with van der Waals surface area (Å²) in [5.74, 6) is 0.595. The highest BCUT2D eigenvalue weighted by Gasteiger charge is 2.24. The average Bonchev–Trinajstić information content (AvgIpc) is 2.85. The standard InChI is InChI=1S/C24H22N6O2/c25-17-19-5-4-12-26-22(19)29-13-15-30(16-14-29)23(31)18-8-10-21(11-9-18)28-24(32)27-20-6-2-1-3-7-20/h1-12H,13-16H2,(H2,27,28,32). The van der Waals surface area contributed by atoms with Crippen molar-refractivity contribution in [3.8, 4) is 6.07 Å². The molecular formula is C24H22N6O2. The summed E-state index contributed by atoms with van der Waals surface area (Å²) in [7, 11) is 0. The highest BCUT2D eigenvalue weighted by atomic mass is 16.2. The Morgan fingerprint density at radius 2 is 1.50 bits per heavy atom. The number of hydrogen-bond donors (Lipinski definition) is 2. The molecule has 160 valence electrons. The number of rotatable bonds is 4. The van der Waals surface area contributed by atoms with Gasteiger partial charge < -0.3 is 20.4 Å². The SMILES string of the molecule is N#Cc1cccnc1N1CCN(C(=O)c2ccc(NC(=O)Nc3ccccc3)cc2)CC1. The minimum Gasteiger partial charge on any atom is -0.352 e. The van der Waals surface area contributed by atoms with Crippen LogP contribution in [0.15, 0.2) is 72.9 Å². The molecule has 3 aromatic rings. The maximum Gasteiger partial charge on any atom is 0.323 e. The second-order valence-electron chi connectivity index (χ2n) is 7.29. The molecular weight excluding hydrogens is 404 g/mol. The largest absolute Gasteiger partial charge is 0.352 e. The number of nitriles is 1. The van der Waals surface area contributed by atoms with E-state index >= 15 is 0 Å². The Morgan fingerprint density at radius 3 is 2.16 bits per heavy atom. The maximum absolute atomic E-state index is 12.9. The molecule has 4 rings (SSSR count). The second kappa shape index (κ2) is 9.62. The summed E-state index contributed by atoms with van der Waals surface area (Å²) < 4.78 is 0. The number of para-hydroxylation sites is 1. The fourth-order valence-electron chi connectivity index (χ4n) is 3.55. The van der Waals surface area contributed by atoms with Gasteiger partial charge in [-0.3, -0.25) is 4.79 Å². The van der Waals surface area contributed by atoms with E-state index in [9.17, 15) is 14.9 Å². The molecule has 32 heavy (non-hydrogen) atoms. The first-order valence-corrected chi connectivity index (χ1v) is 10.3. The minimum absolute atomic E-state index is 0.0635. The van der Waals surface area contributed by atoms with E-state index in [-0.39, 0.29) is 11.9 Å². The van der Waals surface area contributed by atoms with Gasteiger partial charge in [0.25, 0.3) is 5.91 Å². The zero-order valence-electron chi connectivity index (χ0n) is 17.4. The molecule has 1 aromatic heterocycles. The average molecular weight is 426 g/mol. The molecule has 0 saturated carbocycles. The van der Waals surface area contributed by atoms with Crippen molar-refractivity contribution in [3.63, 3.8) is 0 Å². The number of carbonyl (C=O) groups excluding carboxylic acids is 2. The van der Waals surface area contributed by atoms with Gasteiger partial charge in [-0.15, -0.1) is 0 Å². The molecule has 1 aliphatic heterocycles. The van der Waals surface area contributed by atoms with Crippen LogP contribution in [0.25, 0.3) is 0 Å². The smallest absolute Gasteiger partial charge is 0.323 e. The summed E-state index contributed by atoms with van der Waals surface area (Å²) in [6, 6.07) is 21.3. The van der Waals surface area contributed by atoms with E-state index < -0.39 is 0 Å². The summed E-state index contributed by atoms with van der Waals surface area (Å²) in [6.07, 6.45) is 1.67.